The number of carboxylic acid groups (broad SMARTS) is 1. The van der Waals surface area contributed by atoms with E-state index in [-0.39, 0.29) is 42.5 Å². The second-order valence-electron chi connectivity index (χ2n) is 12.8. The Hall–Kier alpha value is -3.79. The van der Waals surface area contributed by atoms with E-state index in [1.165, 1.54) is 0 Å². The first kappa shape index (κ1) is 37.7. The minimum Gasteiger partial charge on any atom is -0.490 e. The van der Waals surface area contributed by atoms with Gasteiger partial charge in [-0.1, -0.05) is 69.2 Å². The lowest BCUT2D eigenvalue weighted by Crippen LogP contribution is -2.31. The molecule has 1 N–H and O–H groups in total. The third-order valence-electron chi connectivity index (χ3n) is 8.60. The van der Waals surface area contributed by atoms with Crippen LogP contribution in [0.2, 0.25) is 0 Å². The first-order valence-electron chi connectivity index (χ1n) is 16.6. The third kappa shape index (κ3) is 12.1. The molecule has 1 aliphatic heterocycles. The van der Waals surface area contributed by atoms with Crippen molar-refractivity contribution in [1.29, 1.82) is 0 Å². The summed E-state index contributed by atoms with van der Waals surface area (Å²) in [6.45, 7) is 10.5. The van der Waals surface area contributed by atoms with Crippen LogP contribution >= 0.6 is 0 Å². The van der Waals surface area contributed by atoms with E-state index in [9.17, 15) is 20.2 Å². The van der Waals surface area contributed by atoms with Crippen LogP contribution in [-0.4, -0.2) is 62.7 Å². The maximum absolute atomic E-state index is 12.6. The van der Waals surface area contributed by atoms with Crippen molar-refractivity contribution in [3.63, 3.8) is 0 Å². The third-order valence-corrected chi connectivity index (χ3v) is 8.60. The Labute approximate surface area is 278 Å². The number of hydrogen-bond acceptors (Lipinski definition) is 8. The van der Waals surface area contributed by atoms with E-state index in [4.69, 9.17) is 23.7 Å². The van der Waals surface area contributed by atoms with Crippen molar-refractivity contribution in [1.82, 2.24) is 0 Å². The lowest BCUT2D eigenvalue weighted by Gasteiger charge is -2.33. The number of azide groups is 1. The Morgan fingerprint density at radius 3 is 2.34 bits per heavy atom. The Morgan fingerprint density at radius 2 is 1.72 bits per heavy atom. The largest absolute Gasteiger partial charge is 0.490 e. The smallest absolute Gasteiger partial charge is 0.309 e. The molecule has 258 valence electrons. The van der Waals surface area contributed by atoms with Gasteiger partial charge in [0, 0.05) is 37.9 Å². The standard InChI is InChI=1S/C36H51N3O8/c1-24(2)29-22-32(47-36(29)42)30(38-39-37)19-28(21-34(40)41)35(25(3)4)27-13-14-31(33(20-27)46-17-9-15-43-5)45-18-10-16-44-23-26-11-7-6-8-12-26/h6-8,11-14,20,24-25,28-30,32,35H,9-10,15-19,21-23H2,1-5H3,(H,40,41)/t28-,29+,30+,32+,35-/m1/s1. The number of nitrogens with zero attached hydrogens (tertiary/aromatic N) is 3. The van der Waals surface area contributed by atoms with Gasteiger partial charge in [-0.05, 0) is 65.3 Å². The second kappa shape index (κ2) is 19.8. The summed E-state index contributed by atoms with van der Waals surface area (Å²) in [5.41, 5.74) is 11.4. The van der Waals surface area contributed by atoms with E-state index >= 15 is 0 Å². The molecule has 3 rings (SSSR count). The molecule has 0 saturated carbocycles. The predicted molar refractivity (Wildman–Crippen MR) is 178 cm³/mol. The number of benzene rings is 2. The molecule has 1 fully saturated rings. The summed E-state index contributed by atoms with van der Waals surface area (Å²) in [5, 5.41) is 14.0. The fourth-order valence-corrected chi connectivity index (χ4v) is 6.30. The van der Waals surface area contributed by atoms with Crippen molar-refractivity contribution in [3.05, 3.63) is 70.1 Å². The van der Waals surface area contributed by atoms with Crippen LogP contribution in [0.4, 0.5) is 0 Å². The highest BCUT2D eigenvalue weighted by molar-refractivity contribution is 5.75. The summed E-state index contributed by atoms with van der Waals surface area (Å²) in [4.78, 5) is 27.8. The average molecular weight is 654 g/mol. The molecule has 11 heteroatoms. The molecule has 0 unspecified atom stereocenters. The fourth-order valence-electron chi connectivity index (χ4n) is 6.30. The maximum atomic E-state index is 12.6. The highest BCUT2D eigenvalue weighted by Crippen LogP contribution is 2.42. The summed E-state index contributed by atoms with van der Waals surface area (Å²) in [6, 6.07) is 15.1. The molecule has 0 radical (unpaired) electrons. The average Bonchev–Trinajstić information content (AvgIpc) is 3.43. The first-order valence-corrected chi connectivity index (χ1v) is 16.6. The predicted octanol–water partition coefficient (Wildman–Crippen LogP) is 7.57. The molecule has 0 spiro atoms. The van der Waals surface area contributed by atoms with Crippen LogP contribution in [0.1, 0.15) is 76.8 Å². The van der Waals surface area contributed by atoms with Gasteiger partial charge in [0.25, 0.3) is 0 Å². The van der Waals surface area contributed by atoms with Gasteiger partial charge in [-0.3, -0.25) is 9.59 Å². The number of aliphatic carboxylic acids is 1. The van der Waals surface area contributed by atoms with Crippen LogP contribution in [0.25, 0.3) is 10.4 Å². The molecule has 2 aromatic carbocycles. The number of hydrogen-bond donors (Lipinski definition) is 1. The van der Waals surface area contributed by atoms with E-state index in [1.54, 1.807) is 7.11 Å². The number of methoxy groups -OCH3 is 1. The van der Waals surface area contributed by atoms with Gasteiger partial charge >= 0.3 is 11.9 Å². The van der Waals surface area contributed by atoms with Gasteiger partial charge < -0.3 is 28.8 Å². The van der Waals surface area contributed by atoms with Gasteiger partial charge in [0.1, 0.15) is 6.10 Å². The summed E-state index contributed by atoms with van der Waals surface area (Å²) in [7, 11) is 1.64. The fraction of sp³-hybridized carbons (Fsp3) is 0.611. The van der Waals surface area contributed by atoms with E-state index in [2.05, 4.69) is 10.0 Å². The molecule has 1 saturated heterocycles. The van der Waals surface area contributed by atoms with E-state index < -0.39 is 24.0 Å². The summed E-state index contributed by atoms with van der Waals surface area (Å²) in [6.07, 6.45) is 1.34. The molecule has 0 aromatic heterocycles. The Morgan fingerprint density at radius 1 is 1.02 bits per heavy atom. The molecule has 1 heterocycles. The number of ether oxygens (including phenoxy) is 5. The molecule has 0 amide bonds. The Kier molecular flexibility index (Phi) is 15.8. The number of esters is 1. The zero-order valence-electron chi connectivity index (χ0n) is 28.4. The molecular formula is C36H51N3O8. The molecule has 2 aromatic rings. The minimum absolute atomic E-state index is 0.0375. The van der Waals surface area contributed by atoms with Gasteiger partial charge in [-0.15, -0.1) is 0 Å². The lowest BCUT2D eigenvalue weighted by molar-refractivity contribution is -0.146. The van der Waals surface area contributed by atoms with Gasteiger partial charge in [0.2, 0.25) is 0 Å². The highest BCUT2D eigenvalue weighted by atomic mass is 16.6. The Balaban J connectivity index is 1.79. The second-order valence-corrected chi connectivity index (χ2v) is 12.8. The van der Waals surface area contributed by atoms with Crippen molar-refractivity contribution < 1.29 is 38.4 Å². The monoisotopic (exact) mass is 653 g/mol. The topological polar surface area (TPSA) is 149 Å². The number of rotatable bonds is 22. The van der Waals surface area contributed by atoms with Crippen LogP contribution in [-0.2, 0) is 30.4 Å². The molecule has 47 heavy (non-hydrogen) atoms. The molecule has 11 nitrogen and oxygen atoms in total. The van der Waals surface area contributed by atoms with Crippen LogP contribution in [0, 0.1) is 23.7 Å². The zero-order chi connectivity index (χ0) is 34.2. The SMILES string of the molecule is COCCCOc1cc([C@@H](C(C)C)[C@@H](CC(=O)O)C[C@H](N=[N+]=[N-])[C@@H]2C[C@@H](C(C)C)C(=O)O2)ccc1OCCCOCc1ccccc1. The normalized spacial score (nSPS) is 18.0. The van der Waals surface area contributed by atoms with Gasteiger partial charge in [-0.2, -0.15) is 0 Å². The summed E-state index contributed by atoms with van der Waals surface area (Å²) < 4.78 is 29.0. The van der Waals surface area contributed by atoms with E-state index in [1.807, 2.05) is 76.2 Å². The van der Waals surface area contributed by atoms with Crippen molar-refractivity contribution in [3.8, 4) is 11.5 Å². The van der Waals surface area contributed by atoms with E-state index in [0.29, 0.717) is 63.8 Å². The molecule has 0 bridgehead atoms. The molecule has 0 aliphatic carbocycles. The molecule has 5 atom stereocenters. The quantitative estimate of drug-likeness (QED) is 0.0449. The molecule has 1 aliphatic rings. The first-order chi connectivity index (χ1) is 22.6. The highest BCUT2D eigenvalue weighted by Gasteiger charge is 2.42. The maximum Gasteiger partial charge on any atom is 0.309 e. The lowest BCUT2D eigenvalue weighted by atomic mass is 9.73. The van der Waals surface area contributed by atoms with Crippen molar-refractivity contribution in [2.45, 2.75) is 84.5 Å². The van der Waals surface area contributed by atoms with Crippen LogP contribution in [0.15, 0.2) is 53.6 Å². The zero-order valence-corrected chi connectivity index (χ0v) is 28.4. The number of carboxylic acids is 1. The van der Waals surface area contributed by atoms with Crippen LogP contribution in [0.3, 0.4) is 0 Å². The van der Waals surface area contributed by atoms with Crippen molar-refractivity contribution in [2.24, 2.45) is 28.8 Å². The number of cyclic esters (lactones) is 1. The van der Waals surface area contributed by atoms with Gasteiger partial charge in [0.15, 0.2) is 11.5 Å². The van der Waals surface area contributed by atoms with E-state index in [0.717, 1.165) is 11.1 Å². The van der Waals surface area contributed by atoms with Crippen LogP contribution < -0.4 is 9.47 Å². The molecular weight excluding hydrogens is 602 g/mol. The summed E-state index contributed by atoms with van der Waals surface area (Å²) in [5.74, 6) is -0.873. The van der Waals surface area contributed by atoms with Crippen molar-refractivity contribution in [2.75, 3.05) is 33.5 Å². The van der Waals surface area contributed by atoms with Gasteiger partial charge in [0.05, 0.1) is 38.4 Å². The van der Waals surface area contributed by atoms with Crippen molar-refractivity contribution >= 4 is 11.9 Å². The Bertz CT molecular complexity index is 1300. The number of carbonyl (C=O) groups excluding carboxylic acids is 1. The minimum atomic E-state index is -0.950. The van der Waals surface area contributed by atoms with Gasteiger partial charge in [-0.25, -0.2) is 0 Å². The van der Waals surface area contributed by atoms with Crippen LogP contribution in [0.5, 0.6) is 11.5 Å². The summed E-state index contributed by atoms with van der Waals surface area (Å²) >= 11 is 0. The number of carbonyl (C=O) groups is 2.